The van der Waals surface area contributed by atoms with Crippen LogP contribution in [0.2, 0.25) is 5.02 Å². The third-order valence-corrected chi connectivity index (χ3v) is 2.90. The molecule has 1 aromatic heterocycles. The zero-order valence-electron chi connectivity index (χ0n) is 9.78. The van der Waals surface area contributed by atoms with Gasteiger partial charge in [0.25, 0.3) is 0 Å². The molecule has 0 spiro atoms. The third-order valence-electron chi connectivity index (χ3n) is 2.65. The standard InChI is InChI=1S/C13H16ClN3/c1-10(16-8-13-7-15-9-17-13)6-11-2-4-12(14)5-3-11/h2-5,7,9-10,16H,6,8H2,1H3,(H,15,17). The maximum absolute atomic E-state index is 5.85. The minimum Gasteiger partial charge on any atom is -0.347 e. The van der Waals surface area contributed by atoms with E-state index in [1.807, 2.05) is 18.3 Å². The van der Waals surface area contributed by atoms with Crippen molar-refractivity contribution in [1.29, 1.82) is 0 Å². The highest BCUT2D eigenvalue weighted by atomic mass is 35.5. The van der Waals surface area contributed by atoms with Gasteiger partial charge in [-0.25, -0.2) is 4.98 Å². The summed E-state index contributed by atoms with van der Waals surface area (Å²) in [6.07, 6.45) is 4.52. The summed E-state index contributed by atoms with van der Waals surface area (Å²) in [5.41, 5.74) is 2.40. The molecule has 0 aliphatic rings. The van der Waals surface area contributed by atoms with Crippen LogP contribution in [-0.2, 0) is 13.0 Å². The first-order valence-corrected chi connectivity index (χ1v) is 6.07. The van der Waals surface area contributed by atoms with Crippen LogP contribution in [-0.4, -0.2) is 16.0 Å². The quantitative estimate of drug-likeness (QED) is 0.856. The predicted molar refractivity (Wildman–Crippen MR) is 70.0 cm³/mol. The van der Waals surface area contributed by atoms with Crippen molar-refractivity contribution in [2.45, 2.75) is 25.9 Å². The average molecular weight is 250 g/mol. The van der Waals surface area contributed by atoms with Gasteiger partial charge in [-0.15, -0.1) is 0 Å². The third kappa shape index (κ3) is 3.88. The highest BCUT2D eigenvalue weighted by molar-refractivity contribution is 6.30. The van der Waals surface area contributed by atoms with Gasteiger partial charge in [0.1, 0.15) is 0 Å². The second kappa shape index (κ2) is 5.84. The minimum atomic E-state index is 0.416. The highest BCUT2D eigenvalue weighted by Crippen LogP contribution is 2.11. The SMILES string of the molecule is CC(Cc1ccc(Cl)cc1)NCc1cnc[nH]1. The molecule has 1 aromatic carbocycles. The summed E-state index contributed by atoms with van der Waals surface area (Å²) in [5.74, 6) is 0. The van der Waals surface area contributed by atoms with Crippen molar-refractivity contribution < 1.29 is 0 Å². The van der Waals surface area contributed by atoms with E-state index in [1.165, 1.54) is 5.56 Å². The van der Waals surface area contributed by atoms with E-state index in [0.717, 1.165) is 23.7 Å². The second-order valence-electron chi connectivity index (χ2n) is 4.19. The molecule has 2 rings (SSSR count). The van der Waals surface area contributed by atoms with Crippen LogP contribution < -0.4 is 5.32 Å². The molecule has 0 aliphatic carbocycles. The second-order valence-corrected chi connectivity index (χ2v) is 4.63. The van der Waals surface area contributed by atoms with Crippen LogP contribution >= 0.6 is 11.6 Å². The van der Waals surface area contributed by atoms with Gasteiger partial charge in [-0.3, -0.25) is 0 Å². The Balaban J connectivity index is 1.80. The van der Waals surface area contributed by atoms with Gasteiger partial charge < -0.3 is 10.3 Å². The number of nitrogens with one attached hydrogen (secondary N) is 2. The number of benzene rings is 1. The summed E-state index contributed by atoms with van der Waals surface area (Å²) in [6, 6.07) is 8.41. The zero-order chi connectivity index (χ0) is 12.1. The molecule has 4 heteroatoms. The molecular formula is C13H16ClN3. The van der Waals surface area contributed by atoms with Crippen molar-refractivity contribution in [1.82, 2.24) is 15.3 Å². The Labute approximate surface area is 106 Å². The monoisotopic (exact) mass is 249 g/mol. The van der Waals surface area contributed by atoms with Crippen LogP contribution in [0, 0.1) is 0 Å². The molecule has 3 nitrogen and oxygen atoms in total. The van der Waals surface area contributed by atoms with Gasteiger partial charge in [-0.05, 0) is 31.0 Å². The fraction of sp³-hybridized carbons (Fsp3) is 0.308. The topological polar surface area (TPSA) is 40.7 Å². The van der Waals surface area contributed by atoms with Gasteiger partial charge in [0.2, 0.25) is 0 Å². The molecule has 0 saturated heterocycles. The maximum atomic E-state index is 5.85. The molecule has 1 heterocycles. The van der Waals surface area contributed by atoms with Crippen molar-refractivity contribution >= 4 is 11.6 Å². The number of imidazole rings is 1. The predicted octanol–water partition coefficient (Wildman–Crippen LogP) is 2.78. The molecule has 0 saturated carbocycles. The Bertz CT molecular complexity index is 436. The lowest BCUT2D eigenvalue weighted by molar-refractivity contribution is 0.541. The van der Waals surface area contributed by atoms with Gasteiger partial charge in [-0.2, -0.15) is 0 Å². The highest BCUT2D eigenvalue weighted by Gasteiger charge is 2.03. The first-order valence-electron chi connectivity index (χ1n) is 5.69. The van der Waals surface area contributed by atoms with Gasteiger partial charge in [0, 0.05) is 29.5 Å². The molecule has 0 fully saturated rings. The number of hydrogen-bond donors (Lipinski definition) is 2. The first kappa shape index (κ1) is 12.1. The van der Waals surface area contributed by atoms with E-state index in [9.17, 15) is 0 Å². The van der Waals surface area contributed by atoms with Crippen LogP contribution in [0.25, 0.3) is 0 Å². The van der Waals surface area contributed by atoms with E-state index in [0.29, 0.717) is 6.04 Å². The maximum Gasteiger partial charge on any atom is 0.0922 e. The molecule has 2 N–H and O–H groups in total. The van der Waals surface area contributed by atoms with Gasteiger partial charge in [0.05, 0.1) is 6.33 Å². The van der Waals surface area contributed by atoms with Gasteiger partial charge in [-0.1, -0.05) is 23.7 Å². The van der Waals surface area contributed by atoms with Crippen LogP contribution in [0.5, 0.6) is 0 Å². The Morgan fingerprint density at radius 3 is 2.76 bits per heavy atom. The molecule has 0 bridgehead atoms. The summed E-state index contributed by atoms with van der Waals surface area (Å²) in [4.78, 5) is 7.06. The number of aromatic nitrogens is 2. The van der Waals surface area contributed by atoms with Crippen molar-refractivity contribution in [3.05, 3.63) is 53.1 Å². The molecule has 2 aromatic rings. The Morgan fingerprint density at radius 1 is 1.35 bits per heavy atom. The number of nitrogens with zero attached hydrogens (tertiary/aromatic N) is 1. The summed E-state index contributed by atoms with van der Waals surface area (Å²) in [5, 5.41) is 4.23. The number of hydrogen-bond acceptors (Lipinski definition) is 2. The van der Waals surface area contributed by atoms with Crippen LogP contribution in [0.1, 0.15) is 18.2 Å². The average Bonchev–Trinajstić information content (AvgIpc) is 2.83. The summed E-state index contributed by atoms with van der Waals surface area (Å²) in [7, 11) is 0. The van der Waals surface area contributed by atoms with Crippen molar-refractivity contribution in [3.8, 4) is 0 Å². The van der Waals surface area contributed by atoms with E-state index in [-0.39, 0.29) is 0 Å². The van der Waals surface area contributed by atoms with Crippen molar-refractivity contribution in [3.63, 3.8) is 0 Å². The largest absolute Gasteiger partial charge is 0.347 e. The molecule has 17 heavy (non-hydrogen) atoms. The van der Waals surface area contributed by atoms with E-state index in [4.69, 9.17) is 11.6 Å². The van der Waals surface area contributed by atoms with E-state index < -0.39 is 0 Å². The number of H-pyrrole nitrogens is 1. The fourth-order valence-corrected chi connectivity index (χ4v) is 1.84. The fourth-order valence-electron chi connectivity index (χ4n) is 1.71. The van der Waals surface area contributed by atoms with Crippen molar-refractivity contribution in [2.24, 2.45) is 0 Å². The summed E-state index contributed by atoms with van der Waals surface area (Å²) < 4.78 is 0. The molecular weight excluding hydrogens is 234 g/mol. The Kier molecular flexibility index (Phi) is 4.18. The number of rotatable bonds is 5. The Morgan fingerprint density at radius 2 is 2.12 bits per heavy atom. The molecule has 0 aliphatic heterocycles. The lowest BCUT2D eigenvalue weighted by Crippen LogP contribution is -2.27. The first-order chi connectivity index (χ1) is 8.24. The van der Waals surface area contributed by atoms with Crippen LogP contribution in [0.4, 0.5) is 0 Å². The number of halogens is 1. The van der Waals surface area contributed by atoms with Gasteiger partial charge in [0.15, 0.2) is 0 Å². The van der Waals surface area contributed by atoms with Crippen LogP contribution in [0.3, 0.4) is 0 Å². The van der Waals surface area contributed by atoms with Crippen LogP contribution in [0.15, 0.2) is 36.8 Å². The van der Waals surface area contributed by atoms with Crippen molar-refractivity contribution in [2.75, 3.05) is 0 Å². The zero-order valence-corrected chi connectivity index (χ0v) is 10.5. The van der Waals surface area contributed by atoms with E-state index >= 15 is 0 Å². The Hall–Kier alpha value is -1.32. The molecule has 0 amide bonds. The summed E-state index contributed by atoms with van der Waals surface area (Å²) >= 11 is 5.85. The van der Waals surface area contributed by atoms with E-state index in [1.54, 1.807) is 6.33 Å². The molecule has 0 radical (unpaired) electrons. The lowest BCUT2D eigenvalue weighted by Gasteiger charge is -2.13. The lowest BCUT2D eigenvalue weighted by atomic mass is 10.1. The smallest absolute Gasteiger partial charge is 0.0922 e. The normalized spacial score (nSPS) is 12.6. The van der Waals surface area contributed by atoms with E-state index in [2.05, 4.69) is 34.3 Å². The molecule has 1 atom stereocenters. The molecule has 90 valence electrons. The van der Waals surface area contributed by atoms with Gasteiger partial charge >= 0.3 is 0 Å². The summed E-state index contributed by atoms with van der Waals surface area (Å²) in [6.45, 7) is 2.99. The number of aromatic amines is 1. The molecule has 1 unspecified atom stereocenters. The minimum absolute atomic E-state index is 0.416.